The first-order valence-corrected chi connectivity index (χ1v) is 10.1. The molecule has 0 spiro atoms. The molecule has 0 unspecified atom stereocenters. The lowest BCUT2D eigenvalue weighted by atomic mass is 9.99. The monoisotopic (exact) mass is 380 g/mol. The molecule has 2 aliphatic rings. The molecule has 1 N–H and O–H groups in total. The van der Waals surface area contributed by atoms with Crippen LogP contribution in [0.25, 0.3) is 0 Å². The number of benzene rings is 1. The van der Waals surface area contributed by atoms with E-state index in [0.717, 1.165) is 43.6 Å². The number of morpholine rings is 1. The molecule has 2 aromatic rings. The Morgan fingerprint density at radius 2 is 1.75 bits per heavy atom. The van der Waals surface area contributed by atoms with Gasteiger partial charge in [0.2, 0.25) is 0 Å². The summed E-state index contributed by atoms with van der Waals surface area (Å²) in [6, 6.07) is 11.8. The molecule has 0 aliphatic carbocycles. The average molecular weight is 380 g/mol. The predicted molar refractivity (Wildman–Crippen MR) is 112 cm³/mol. The van der Waals surface area contributed by atoms with Gasteiger partial charge in [0, 0.05) is 49.3 Å². The van der Waals surface area contributed by atoms with Crippen molar-refractivity contribution in [1.82, 2.24) is 4.98 Å². The Hall–Kier alpha value is -2.60. The van der Waals surface area contributed by atoms with E-state index in [2.05, 4.69) is 39.2 Å². The second-order valence-electron chi connectivity index (χ2n) is 7.67. The van der Waals surface area contributed by atoms with Crippen molar-refractivity contribution >= 4 is 23.1 Å². The van der Waals surface area contributed by atoms with Crippen LogP contribution in [0.15, 0.2) is 42.6 Å². The largest absolute Gasteiger partial charge is 0.378 e. The van der Waals surface area contributed by atoms with Crippen molar-refractivity contribution in [1.29, 1.82) is 0 Å². The topological polar surface area (TPSA) is 57.7 Å². The van der Waals surface area contributed by atoms with Gasteiger partial charge in [-0.1, -0.05) is 6.92 Å². The minimum Gasteiger partial charge on any atom is -0.378 e. The Morgan fingerprint density at radius 1 is 1.04 bits per heavy atom. The molecule has 28 heavy (non-hydrogen) atoms. The highest BCUT2D eigenvalue weighted by Crippen LogP contribution is 2.24. The van der Waals surface area contributed by atoms with E-state index < -0.39 is 0 Å². The van der Waals surface area contributed by atoms with Gasteiger partial charge in [-0.15, -0.1) is 0 Å². The van der Waals surface area contributed by atoms with E-state index in [1.165, 1.54) is 18.5 Å². The molecule has 0 bridgehead atoms. The van der Waals surface area contributed by atoms with Gasteiger partial charge in [-0.25, -0.2) is 4.98 Å². The molecule has 3 heterocycles. The van der Waals surface area contributed by atoms with Gasteiger partial charge in [-0.3, -0.25) is 4.79 Å². The Balaban J connectivity index is 1.39. The van der Waals surface area contributed by atoms with Gasteiger partial charge < -0.3 is 19.9 Å². The summed E-state index contributed by atoms with van der Waals surface area (Å²) in [5.41, 5.74) is 2.65. The number of carbonyl (C=O) groups excluding carboxylic acids is 1. The van der Waals surface area contributed by atoms with Crippen LogP contribution in [0.2, 0.25) is 0 Å². The maximum atomic E-state index is 12.7. The van der Waals surface area contributed by atoms with Crippen LogP contribution in [0.5, 0.6) is 0 Å². The Bertz CT molecular complexity index is 794. The number of hydrogen-bond donors (Lipinski definition) is 1. The Morgan fingerprint density at radius 3 is 2.46 bits per heavy atom. The highest BCUT2D eigenvalue weighted by molar-refractivity contribution is 6.04. The first-order valence-electron chi connectivity index (χ1n) is 10.1. The lowest BCUT2D eigenvalue weighted by molar-refractivity contribution is 0.102. The number of ether oxygens (including phenoxy) is 1. The van der Waals surface area contributed by atoms with Crippen LogP contribution in [0.1, 0.15) is 30.1 Å². The molecule has 1 aromatic carbocycles. The molecule has 1 amide bonds. The third-order valence-electron chi connectivity index (χ3n) is 5.62. The summed E-state index contributed by atoms with van der Waals surface area (Å²) in [7, 11) is 0. The summed E-state index contributed by atoms with van der Waals surface area (Å²) in [6.07, 6.45) is 4.18. The van der Waals surface area contributed by atoms with Crippen molar-refractivity contribution in [2.24, 2.45) is 5.92 Å². The molecular weight excluding hydrogens is 352 g/mol. The highest BCUT2D eigenvalue weighted by atomic mass is 16.5. The molecule has 148 valence electrons. The van der Waals surface area contributed by atoms with E-state index in [-0.39, 0.29) is 5.91 Å². The second-order valence-corrected chi connectivity index (χ2v) is 7.67. The summed E-state index contributed by atoms with van der Waals surface area (Å²) in [6.45, 7) is 7.52. The van der Waals surface area contributed by atoms with Crippen molar-refractivity contribution in [2.75, 3.05) is 54.5 Å². The van der Waals surface area contributed by atoms with Crippen LogP contribution in [0.3, 0.4) is 0 Å². The maximum Gasteiger partial charge on any atom is 0.255 e. The molecular formula is C22H28N4O2. The van der Waals surface area contributed by atoms with Crippen LogP contribution in [-0.4, -0.2) is 50.3 Å². The van der Waals surface area contributed by atoms with Crippen LogP contribution < -0.4 is 15.1 Å². The van der Waals surface area contributed by atoms with Gasteiger partial charge in [-0.2, -0.15) is 0 Å². The first-order chi connectivity index (χ1) is 13.7. The number of carbonyl (C=O) groups is 1. The van der Waals surface area contributed by atoms with E-state index >= 15 is 0 Å². The van der Waals surface area contributed by atoms with Gasteiger partial charge in [-0.05, 0) is 55.2 Å². The van der Waals surface area contributed by atoms with E-state index in [9.17, 15) is 4.79 Å². The molecule has 0 saturated carbocycles. The van der Waals surface area contributed by atoms with E-state index in [1.54, 1.807) is 12.3 Å². The van der Waals surface area contributed by atoms with Crippen molar-refractivity contribution in [3.8, 4) is 0 Å². The highest BCUT2D eigenvalue weighted by Gasteiger charge is 2.17. The SMILES string of the molecule is CC1CCN(c2ccc(NC(=O)c3ccnc(N4CCOCC4)c3)cc2)CC1. The summed E-state index contributed by atoms with van der Waals surface area (Å²) in [5, 5.41) is 3.00. The van der Waals surface area contributed by atoms with E-state index in [4.69, 9.17) is 4.74 Å². The minimum absolute atomic E-state index is 0.114. The van der Waals surface area contributed by atoms with Gasteiger partial charge >= 0.3 is 0 Å². The first kappa shape index (κ1) is 18.7. The van der Waals surface area contributed by atoms with E-state index in [0.29, 0.717) is 18.8 Å². The van der Waals surface area contributed by atoms with Crippen LogP contribution in [-0.2, 0) is 4.74 Å². The zero-order chi connectivity index (χ0) is 19.3. The number of rotatable bonds is 4. The van der Waals surface area contributed by atoms with Gasteiger partial charge in [0.25, 0.3) is 5.91 Å². The quantitative estimate of drug-likeness (QED) is 0.881. The second kappa shape index (κ2) is 8.61. The predicted octanol–water partition coefficient (Wildman–Crippen LogP) is 3.41. The van der Waals surface area contributed by atoms with Gasteiger partial charge in [0.1, 0.15) is 5.82 Å². The number of piperidine rings is 1. The van der Waals surface area contributed by atoms with Crippen molar-refractivity contribution in [2.45, 2.75) is 19.8 Å². The Kier molecular flexibility index (Phi) is 5.76. The molecule has 1 aromatic heterocycles. The summed E-state index contributed by atoms with van der Waals surface area (Å²) >= 11 is 0. The van der Waals surface area contributed by atoms with Crippen LogP contribution in [0, 0.1) is 5.92 Å². The smallest absolute Gasteiger partial charge is 0.255 e. The third-order valence-corrected chi connectivity index (χ3v) is 5.62. The molecule has 0 atom stereocenters. The molecule has 4 rings (SSSR count). The molecule has 6 nitrogen and oxygen atoms in total. The lowest BCUT2D eigenvalue weighted by Crippen LogP contribution is -2.36. The minimum atomic E-state index is -0.114. The van der Waals surface area contributed by atoms with Crippen LogP contribution in [0.4, 0.5) is 17.2 Å². The van der Waals surface area contributed by atoms with Crippen molar-refractivity contribution in [3.05, 3.63) is 48.2 Å². The average Bonchev–Trinajstić information content (AvgIpc) is 2.76. The lowest BCUT2D eigenvalue weighted by Gasteiger charge is -2.32. The number of hydrogen-bond acceptors (Lipinski definition) is 5. The molecule has 0 radical (unpaired) electrons. The maximum absolute atomic E-state index is 12.7. The molecule has 2 saturated heterocycles. The molecule has 2 fully saturated rings. The zero-order valence-electron chi connectivity index (χ0n) is 16.4. The summed E-state index contributed by atoms with van der Waals surface area (Å²) in [4.78, 5) is 21.7. The van der Waals surface area contributed by atoms with Gasteiger partial charge in [0.15, 0.2) is 0 Å². The number of aromatic nitrogens is 1. The molecule has 2 aliphatic heterocycles. The fourth-order valence-electron chi connectivity index (χ4n) is 3.75. The summed E-state index contributed by atoms with van der Waals surface area (Å²) < 4.78 is 5.38. The fraction of sp³-hybridized carbons (Fsp3) is 0.455. The van der Waals surface area contributed by atoms with E-state index in [1.807, 2.05) is 18.2 Å². The standard InChI is InChI=1S/C22H28N4O2/c1-17-7-10-25(11-8-17)20-4-2-19(3-5-20)24-22(27)18-6-9-23-21(16-18)26-12-14-28-15-13-26/h2-6,9,16-17H,7-8,10-15H2,1H3,(H,24,27). The fourth-order valence-corrected chi connectivity index (χ4v) is 3.75. The molecule has 6 heteroatoms. The summed E-state index contributed by atoms with van der Waals surface area (Å²) in [5.74, 6) is 1.53. The normalized spacial score (nSPS) is 18.2. The number of amides is 1. The Labute approximate surface area is 166 Å². The third kappa shape index (κ3) is 4.44. The number of anilines is 3. The van der Waals surface area contributed by atoms with Crippen LogP contribution >= 0.6 is 0 Å². The number of nitrogens with zero attached hydrogens (tertiary/aromatic N) is 3. The number of nitrogens with one attached hydrogen (secondary N) is 1. The van der Waals surface area contributed by atoms with Gasteiger partial charge in [0.05, 0.1) is 13.2 Å². The van der Waals surface area contributed by atoms with Crippen molar-refractivity contribution < 1.29 is 9.53 Å². The number of pyridine rings is 1. The van der Waals surface area contributed by atoms with Crippen molar-refractivity contribution in [3.63, 3.8) is 0 Å². The zero-order valence-corrected chi connectivity index (χ0v) is 16.4.